The third-order valence-corrected chi connectivity index (χ3v) is 5.59. The molecule has 2 fully saturated rings. The number of rotatable bonds is 2. The molecule has 0 aromatic carbocycles. The molecule has 3 nitrogen and oxygen atoms in total. The largest absolute Gasteiger partial charge is 0.218 e. The van der Waals surface area contributed by atoms with Crippen molar-refractivity contribution in [3.63, 3.8) is 0 Å². The molecular formula is C9H17NO2S. The molecule has 2 saturated carbocycles. The maximum atomic E-state index is 11.5. The maximum absolute atomic E-state index is 11.5. The third-order valence-electron chi connectivity index (χ3n) is 3.67. The summed E-state index contributed by atoms with van der Waals surface area (Å²) in [5.74, 6) is 0. The monoisotopic (exact) mass is 203 g/mol. The van der Waals surface area contributed by atoms with E-state index in [9.17, 15) is 8.42 Å². The van der Waals surface area contributed by atoms with E-state index < -0.39 is 10.0 Å². The molecule has 0 aromatic rings. The van der Waals surface area contributed by atoms with Gasteiger partial charge in [-0.25, -0.2) is 13.1 Å². The quantitative estimate of drug-likeness (QED) is 0.734. The zero-order chi connectivity index (χ0) is 9.53. The third kappa shape index (κ3) is 1.74. The summed E-state index contributed by atoms with van der Waals surface area (Å²) in [6.45, 7) is 0. The molecule has 13 heavy (non-hydrogen) atoms. The van der Waals surface area contributed by atoms with Crippen LogP contribution in [0.15, 0.2) is 0 Å². The highest BCUT2D eigenvalue weighted by molar-refractivity contribution is 7.90. The van der Waals surface area contributed by atoms with Crippen molar-refractivity contribution in [3.8, 4) is 0 Å². The second-order valence-corrected chi connectivity index (χ2v) is 6.61. The van der Waals surface area contributed by atoms with Crippen LogP contribution in [0.5, 0.6) is 0 Å². The molecule has 4 heteroatoms. The second-order valence-electron chi connectivity index (χ2n) is 4.45. The first-order chi connectivity index (χ1) is 6.08. The first kappa shape index (κ1) is 9.46. The molecule has 0 amide bonds. The smallest absolute Gasteiger partial charge is 0.214 e. The van der Waals surface area contributed by atoms with Gasteiger partial charge in [0, 0.05) is 0 Å². The minimum absolute atomic E-state index is 0.122. The number of nitrogens with one attached hydrogen (secondary N) is 1. The van der Waals surface area contributed by atoms with Crippen LogP contribution in [0.4, 0.5) is 0 Å². The first-order valence-electron chi connectivity index (χ1n) is 5.00. The average molecular weight is 203 g/mol. The summed E-state index contributed by atoms with van der Waals surface area (Å²) in [5.41, 5.74) is 0.583. The highest BCUT2D eigenvalue weighted by Gasteiger charge is 2.46. The van der Waals surface area contributed by atoms with Gasteiger partial charge in [0.2, 0.25) is 10.0 Å². The number of hydrogen-bond acceptors (Lipinski definition) is 2. The predicted octanol–water partition coefficient (Wildman–Crippen LogP) is 1.26. The Balaban J connectivity index is 1.98. The molecule has 2 rings (SSSR count). The van der Waals surface area contributed by atoms with Crippen LogP contribution in [0.3, 0.4) is 0 Å². The lowest BCUT2D eigenvalue weighted by atomic mass is 9.86. The summed E-state index contributed by atoms with van der Waals surface area (Å²) in [6, 6.07) is 0. The van der Waals surface area contributed by atoms with E-state index in [1.54, 1.807) is 0 Å². The number of hydrogen-bond donors (Lipinski definition) is 1. The Hall–Kier alpha value is -0.0900. The van der Waals surface area contributed by atoms with Crippen LogP contribution in [-0.2, 0) is 10.0 Å². The summed E-state index contributed by atoms with van der Waals surface area (Å²) in [4.78, 5) is 0. The van der Waals surface area contributed by atoms with E-state index in [4.69, 9.17) is 0 Å². The predicted molar refractivity (Wildman–Crippen MR) is 51.9 cm³/mol. The molecule has 0 aromatic heterocycles. The van der Waals surface area contributed by atoms with Gasteiger partial charge < -0.3 is 0 Å². The summed E-state index contributed by atoms with van der Waals surface area (Å²) >= 11 is 0. The fourth-order valence-electron chi connectivity index (χ4n) is 2.36. The topological polar surface area (TPSA) is 46.2 Å². The van der Waals surface area contributed by atoms with Crippen molar-refractivity contribution in [2.75, 3.05) is 7.05 Å². The van der Waals surface area contributed by atoms with Crippen LogP contribution >= 0.6 is 0 Å². The van der Waals surface area contributed by atoms with Crippen LogP contribution in [-0.4, -0.2) is 20.7 Å². The highest BCUT2D eigenvalue weighted by atomic mass is 32.2. The fourth-order valence-corrected chi connectivity index (χ4v) is 3.55. The van der Waals surface area contributed by atoms with Crippen LogP contribution in [0, 0.1) is 5.41 Å². The van der Waals surface area contributed by atoms with Gasteiger partial charge in [-0.1, -0.05) is 0 Å². The molecule has 0 radical (unpaired) electrons. The number of sulfonamides is 1. The summed E-state index contributed by atoms with van der Waals surface area (Å²) < 4.78 is 25.4. The molecule has 76 valence electrons. The second kappa shape index (κ2) is 2.95. The zero-order valence-corrected chi connectivity index (χ0v) is 8.86. The van der Waals surface area contributed by atoms with Crippen molar-refractivity contribution >= 4 is 10.0 Å². The van der Waals surface area contributed by atoms with E-state index in [0.29, 0.717) is 5.41 Å². The molecule has 0 saturated heterocycles. The van der Waals surface area contributed by atoms with Gasteiger partial charge in [0.25, 0.3) is 0 Å². The Bertz CT molecular complexity index is 283. The van der Waals surface area contributed by atoms with Gasteiger partial charge in [-0.15, -0.1) is 0 Å². The Morgan fingerprint density at radius 2 is 1.69 bits per heavy atom. The zero-order valence-electron chi connectivity index (χ0n) is 8.04. The molecule has 0 heterocycles. The van der Waals surface area contributed by atoms with Gasteiger partial charge in [-0.2, -0.15) is 0 Å². The Kier molecular flexibility index (Phi) is 2.15. The van der Waals surface area contributed by atoms with E-state index in [2.05, 4.69) is 4.72 Å². The van der Waals surface area contributed by atoms with Gasteiger partial charge in [0.1, 0.15) is 0 Å². The molecule has 2 aliphatic carbocycles. The summed E-state index contributed by atoms with van der Waals surface area (Å²) in [5, 5.41) is -0.122. The van der Waals surface area contributed by atoms with Crippen LogP contribution in [0.1, 0.15) is 38.5 Å². The van der Waals surface area contributed by atoms with E-state index >= 15 is 0 Å². The van der Waals surface area contributed by atoms with Gasteiger partial charge in [-0.05, 0) is 51.0 Å². The van der Waals surface area contributed by atoms with Crippen LogP contribution in [0.2, 0.25) is 0 Å². The van der Waals surface area contributed by atoms with E-state index in [0.717, 1.165) is 25.7 Å². The molecule has 0 unspecified atom stereocenters. The fraction of sp³-hybridized carbons (Fsp3) is 1.00. The van der Waals surface area contributed by atoms with Gasteiger partial charge in [-0.3, -0.25) is 0 Å². The Labute approximate surface area is 80.0 Å². The average Bonchev–Trinajstić information content (AvgIpc) is 2.86. The van der Waals surface area contributed by atoms with Crippen molar-refractivity contribution in [1.82, 2.24) is 4.72 Å². The lowest BCUT2D eigenvalue weighted by Crippen LogP contribution is -2.35. The first-order valence-corrected chi connectivity index (χ1v) is 6.55. The van der Waals surface area contributed by atoms with Crippen molar-refractivity contribution in [1.29, 1.82) is 0 Å². The van der Waals surface area contributed by atoms with Crippen molar-refractivity contribution in [2.24, 2.45) is 5.41 Å². The Morgan fingerprint density at radius 3 is 2.08 bits per heavy atom. The lowest BCUT2D eigenvalue weighted by Gasteiger charge is -2.27. The Morgan fingerprint density at radius 1 is 1.15 bits per heavy atom. The minimum atomic E-state index is -2.99. The van der Waals surface area contributed by atoms with Crippen molar-refractivity contribution in [3.05, 3.63) is 0 Å². The molecule has 1 N–H and O–H groups in total. The standard InChI is InChI=1S/C9H17NO2S/c1-10-13(11,12)8-2-4-9(5-3-8)6-7-9/h8,10H,2-7H2,1H3. The van der Waals surface area contributed by atoms with E-state index in [1.807, 2.05) is 0 Å². The normalized spacial score (nSPS) is 27.8. The van der Waals surface area contributed by atoms with Crippen molar-refractivity contribution in [2.45, 2.75) is 43.8 Å². The molecule has 0 atom stereocenters. The summed E-state index contributed by atoms with van der Waals surface area (Å²) in [7, 11) is -1.48. The highest BCUT2D eigenvalue weighted by Crippen LogP contribution is 2.56. The lowest BCUT2D eigenvalue weighted by molar-refractivity contribution is 0.335. The summed E-state index contributed by atoms with van der Waals surface area (Å²) in [6.07, 6.45) is 6.64. The molecule has 0 aliphatic heterocycles. The van der Waals surface area contributed by atoms with Crippen molar-refractivity contribution < 1.29 is 8.42 Å². The maximum Gasteiger partial charge on any atom is 0.214 e. The SMILES string of the molecule is CNS(=O)(=O)C1CCC2(CC1)CC2. The van der Waals surface area contributed by atoms with Gasteiger partial charge in [0.05, 0.1) is 5.25 Å². The van der Waals surface area contributed by atoms with E-state index in [1.165, 1.54) is 19.9 Å². The van der Waals surface area contributed by atoms with Crippen LogP contribution < -0.4 is 4.72 Å². The van der Waals surface area contributed by atoms with Gasteiger partial charge in [0.15, 0.2) is 0 Å². The van der Waals surface area contributed by atoms with Gasteiger partial charge >= 0.3 is 0 Å². The van der Waals surface area contributed by atoms with Crippen LogP contribution in [0.25, 0.3) is 0 Å². The molecule has 2 aliphatic rings. The minimum Gasteiger partial charge on any atom is -0.218 e. The molecular weight excluding hydrogens is 186 g/mol. The van der Waals surface area contributed by atoms with E-state index in [-0.39, 0.29) is 5.25 Å². The molecule has 0 bridgehead atoms. The molecule has 1 spiro atoms.